The third kappa shape index (κ3) is 6.51. The van der Waals surface area contributed by atoms with Gasteiger partial charge in [0, 0.05) is 29.9 Å². The van der Waals surface area contributed by atoms with Crippen molar-refractivity contribution in [3.05, 3.63) is 58.1 Å². The minimum Gasteiger partial charge on any atom is -0.472 e. The Morgan fingerprint density at radius 1 is 1.20 bits per heavy atom. The number of rotatable bonds is 9. The van der Waals surface area contributed by atoms with Crippen LogP contribution in [0.1, 0.15) is 59.7 Å². The quantitative estimate of drug-likeness (QED) is 0.293. The molecule has 1 aliphatic carbocycles. The van der Waals surface area contributed by atoms with Gasteiger partial charge >= 0.3 is 5.91 Å². The molecule has 1 aliphatic heterocycles. The monoisotopic (exact) mass is 563 g/mol. The van der Waals surface area contributed by atoms with E-state index in [1.54, 1.807) is 6.07 Å². The largest absolute Gasteiger partial charge is 0.472 e. The Bertz CT molecular complexity index is 1430. The van der Waals surface area contributed by atoms with Gasteiger partial charge in [-0.1, -0.05) is 32.9 Å². The van der Waals surface area contributed by atoms with Gasteiger partial charge in [0.05, 0.1) is 24.1 Å². The molecular weight excluding hydrogens is 526 g/mol. The summed E-state index contributed by atoms with van der Waals surface area (Å²) in [5, 5.41) is 19.4. The van der Waals surface area contributed by atoms with Crippen LogP contribution in [0.3, 0.4) is 0 Å². The Labute approximate surface area is 238 Å². The maximum absolute atomic E-state index is 13.5. The minimum absolute atomic E-state index is 0.0123. The van der Waals surface area contributed by atoms with Crippen LogP contribution in [0.15, 0.2) is 41.4 Å². The van der Waals surface area contributed by atoms with Gasteiger partial charge in [-0.3, -0.25) is 9.59 Å². The number of aryl methyl sites for hydroxylation is 1. The fourth-order valence-electron chi connectivity index (χ4n) is 5.27. The minimum atomic E-state index is -0.400. The summed E-state index contributed by atoms with van der Waals surface area (Å²) in [6.07, 6.45) is 3.12. The molecule has 0 saturated carbocycles. The number of amides is 2. The Hall–Kier alpha value is -3.34. The molecule has 4 N–H and O–H groups in total. The summed E-state index contributed by atoms with van der Waals surface area (Å²) in [4.78, 5) is 36.4. The van der Waals surface area contributed by atoms with Crippen LogP contribution in [0.5, 0.6) is 0 Å². The van der Waals surface area contributed by atoms with Crippen LogP contribution in [-0.2, 0) is 22.4 Å². The van der Waals surface area contributed by atoms with E-state index in [9.17, 15) is 14.7 Å². The first-order valence-corrected chi connectivity index (χ1v) is 14.7. The number of fused-ring (bicyclic) bond motifs is 2. The van der Waals surface area contributed by atoms with E-state index in [1.165, 1.54) is 16.9 Å². The summed E-state index contributed by atoms with van der Waals surface area (Å²) >= 11 is 1.41. The summed E-state index contributed by atoms with van der Waals surface area (Å²) in [6.45, 7) is 8.57. The zero-order valence-corrected chi connectivity index (χ0v) is 24.1. The number of nitrogens with zero attached hydrogens (tertiary/aromatic N) is 2. The average Bonchev–Trinajstić information content (AvgIpc) is 3.61. The molecule has 0 spiro atoms. The van der Waals surface area contributed by atoms with E-state index >= 15 is 0 Å². The molecule has 0 unspecified atom stereocenters. The standard InChI is InChI=1S/C30H37N5O4S/c1-30(2,3)21-7-8-23-19(14-21)13-20-16-25(40-29(20)35-23)26(37)34-24(17-31-9-11-36)18-5-4-6-22(15-18)33-27(38)28-32-10-12-39-28/h4-6,13,15-16,21,24,31,36H,7-12,14,17H2,1-3H3,(H,33,38)(H,34,37)/t21-,24-/m1/s1. The summed E-state index contributed by atoms with van der Waals surface area (Å²) < 4.78 is 5.25. The number of ether oxygens (including phenoxy) is 1. The highest BCUT2D eigenvalue weighted by Gasteiger charge is 2.30. The maximum atomic E-state index is 13.5. The second-order valence-corrected chi connectivity index (χ2v) is 12.5. The number of hydrogen-bond acceptors (Lipinski definition) is 8. The van der Waals surface area contributed by atoms with Gasteiger partial charge in [-0.25, -0.2) is 9.98 Å². The van der Waals surface area contributed by atoms with E-state index in [0.717, 1.165) is 40.7 Å². The molecule has 3 heterocycles. The second kappa shape index (κ2) is 12.0. The Morgan fingerprint density at radius 3 is 2.80 bits per heavy atom. The van der Waals surface area contributed by atoms with Gasteiger partial charge < -0.3 is 25.8 Å². The van der Waals surface area contributed by atoms with Crippen LogP contribution in [0, 0.1) is 11.3 Å². The van der Waals surface area contributed by atoms with Crippen molar-refractivity contribution in [1.29, 1.82) is 0 Å². The molecule has 5 rings (SSSR count). The summed E-state index contributed by atoms with van der Waals surface area (Å²) in [5.41, 5.74) is 4.09. The van der Waals surface area contributed by atoms with Crippen LogP contribution in [0.4, 0.5) is 5.69 Å². The number of carbonyl (C=O) groups excluding carboxylic acids is 2. The Balaban J connectivity index is 1.34. The Morgan fingerprint density at radius 2 is 2.05 bits per heavy atom. The SMILES string of the molecule is CC(C)(C)[C@@H]1CCc2nc3sc(C(=O)N[C@H](CNCCO)c4cccc(NC(=O)C5=NCCO5)c4)cc3cc2C1. The topological polar surface area (TPSA) is 125 Å². The first-order valence-electron chi connectivity index (χ1n) is 13.8. The van der Waals surface area contributed by atoms with Crippen LogP contribution in [0.25, 0.3) is 10.2 Å². The van der Waals surface area contributed by atoms with E-state index in [2.05, 4.69) is 47.8 Å². The lowest BCUT2D eigenvalue weighted by atomic mass is 9.71. The number of thiophene rings is 1. The molecule has 10 heteroatoms. The van der Waals surface area contributed by atoms with Gasteiger partial charge in [0.15, 0.2) is 0 Å². The molecular formula is C30H37N5O4S. The van der Waals surface area contributed by atoms with Crippen LogP contribution < -0.4 is 16.0 Å². The lowest BCUT2D eigenvalue weighted by Crippen LogP contribution is -2.36. The predicted molar refractivity (Wildman–Crippen MR) is 158 cm³/mol. The van der Waals surface area contributed by atoms with Crippen molar-refractivity contribution < 1.29 is 19.4 Å². The fraction of sp³-hybridized carbons (Fsp3) is 0.467. The molecule has 2 aromatic heterocycles. The van der Waals surface area contributed by atoms with Crippen LogP contribution in [0.2, 0.25) is 0 Å². The highest BCUT2D eigenvalue weighted by Crippen LogP contribution is 2.38. The molecule has 9 nitrogen and oxygen atoms in total. The number of anilines is 1. The predicted octanol–water partition coefficient (Wildman–Crippen LogP) is 3.87. The van der Waals surface area contributed by atoms with E-state index in [1.807, 2.05) is 24.3 Å². The number of aliphatic imine (C=N–C) groups is 1. The van der Waals surface area contributed by atoms with Crippen molar-refractivity contribution >= 4 is 45.0 Å². The summed E-state index contributed by atoms with van der Waals surface area (Å²) in [5.74, 6) is 0.108. The molecule has 1 aromatic carbocycles. The molecule has 40 heavy (non-hydrogen) atoms. The Kier molecular flexibility index (Phi) is 8.48. The van der Waals surface area contributed by atoms with Crippen LogP contribution >= 0.6 is 11.3 Å². The third-order valence-electron chi connectivity index (χ3n) is 7.59. The highest BCUT2D eigenvalue weighted by atomic mass is 32.1. The van der Waals surface area contributed by atoms with E-state index in [-0.39, 0.29) is 23.8 Å². The average molecular weight is 564 g/mol. The van der Waals surface area contributed by atoms with Gasteiger partial charge in [0.1, 0.15) is 11.4 Å². The molecule has 0 bridgehead atoms. The lowest BCUT2D eigenvalue weighted by Gasteiger charge is -2.34. The third-order valence-corrected chi connectivity index (χ3v) is 8.63. The number of aromatic nitrogens is 1. The first kappa shape index (κ1) is 28.2. The van der Waals surface area contributed by atoms with Crippen molar-refractivity contribution in [2.45, 2.75) is 46.1 Å². The van der Waals surface area contributed by atoms with Gasteiger partial charge in [0.2, 0.25) is 0 Å². The maximum Gasteiger partial charge on any atom is 0.310 e. The molecule has 0 saturated heterocycles. The van der Waals surface area contributed by atoms with E-state index in [4.69, 9.17) is 9.72 Å². The van der Waals surface area contributed by atoms with Gasteiger partial charge in [0.25, 0.3) is 11.8 Å². The van der Waals surface area contributed by atoms with Crippen molar-refractivity contribution in [2.75, 3.05) is 38.2 Å². The first-order chi connectivity index (χ1) is 19.2. The molecule has 3 aromatic rings. The molecule has 2 atom stereocenters. The van der Waals surface area contributed by atoms with Gasteiger partial charge in [-0.05, 0) is 66.0 Å². The lowest BCUT2D eigenvalue weighted by molar-refractivity contribution is -0.111. The number of aliphatic hydroxyl groups is 1. The molecule has 2 aliphatic rings. The van der Waals surface area contributed by atoms with Crippen molar-refractivity contribution in [3.63, 3.8) is 0 Å². The zero-order valence-electron chi connectivity index (χ0n) is 23.3. The van der Waals surface area contributed by atoms with Crippen molar-refractivity contribution in [2.24, 2.45) is 16.3 Å². The number of pyridine rings is 1. The highest BCUT2D eigenvalue weighted by molar-refractivity contribution is 7.20. The summed E-state index contributed by atoms with van der Waals surface area (Å²) in [6, 6.07) is 11.1. The fourth-order valence-corrected chi connectivity index (χ4v) is 6.21. The van der Waals surface area contributed by atoms with E-state index in [0.29, 0.717) is 42.7 Å². The summed E-state index contributed by atoms with van der Waals surface area (Å²) in [7, 11) is 0. The van der Waals surface area contributed by atoms with Gasteiger partial charge in [-0.2, -0.15) is 0 Å². The van der Waals surface area contributed by atoms with E-state index < -0.39 is 11.9 Å². The molecule has 0 radical (unpaired) electrons. The molecule has 2 amide bonds. The molecule has 212 valence electrons. The zero-order chi connectivity index (χ0) is 28.3. The van der Waals surface area contributed by atoms with Crippen molar-refractivity contribution in [3.8, 4) is 0 Å². The number of nitrogens with one attached hydrogen (secondary N) is 3. The second-order valence-electron chi connectivity index (χ2n) is 11.5. The van der Waals surface area contributed by atoms with Crippen LogP contribution in [-0.4, -0.2) is 60.7 Å². The van der Waals surface area contributed by atoms with Gasteiger partial charge in [-0.15, -0.1) is 11.3 Å². The number of hydrogen-bond donors (Lipinski definition) is 4. The normalized spacial score (nSPS) is 17.6. The van der Waals surface area contributed by atoms with Crippen molar-refractivity contribution in [1.82, 2.24) is 15.6 Å². The smallest absolute Gasteiger partial charge is 0.310 e. The number of carbonyl (C=O) groups is 2. The molecule has 0 fully saturated rings. The number of benzene rings is 1. The number of aliphatic hydroxyl groups excluding tert-OH is 1.